The Bertz CT molecular complexity index is 807. The van der Waals surface area contributed by atoms with Gasteiger partial charge in [-0.2, -0.15) is 0 Å². The van der Waals surface area contributed by atoms with Crippen molar-refractivity contribution in [1.82, 2.24) is 0 Å². The van der Waals surface area contributed by atoms with Gasteiger partial charge in [0.05, 0.1) is 13.2 Å². The third-order valence-corrected chi connectivity index (χ3v) is 4.40. The molecule has 0 atom stereocenters. The third-order valence-electron chi connectivity index (χ3n) is 4.40. The van der Waals surface area contributed by atoms with Gasteiger partial charge in [0, 0.05) is 5.69 Å². The van der Waals surface area contributed by atoms with Crippen molar-refractivity contribution in [2.45, 2.75) is 27.2 Å². The number of ether oxygens (including phenoxy) is 2. The Labute approximate surface area is 172 Å². The SMILES string of the molecule is CCOC(=O)CN(CC(=O)OCC)c1ccc(/C=C/c2ccccc2CC)cc1. The van der Waals surface area contributed by atoms with E-state index < -0.39 is 0 Å². The van der Waals surface area contributed by atoms with Gasteiger partial charge in [0.1, 0.15) is 13.1 Å². The predicted octanol–water partition coefficient (Wildman–Crippen LogP) is 4.35. The summed E-state index contributed by atoms with van der Waals surface area (Å²) in [4.78, 5) is 25.5. The minimum Gasteiger partial charge on any atom is -0.465 e. The summed E-state index contributed by atoms with van der Waals surface area (Å²) >= 11 is 0. The van der Waals surface area contributed by atoms with Gasteiger partial charge in [0.25, 0.3) is 0 Å². The largest absolute Gasteiger partial charge is 0.465 e. The summed E-state index contributed by atoms with van der Waals surface area (Å²) in [7, 11) is 0. The maximum atomic E-state index is 11.9. The molecular formula is C24H29NO4. The fraction of sp³-hybridized carbons (Fsp3) is 0.333. The number of benzene rings is 2. The number of anilines is 1. The minimum atomic E-state index is -0.378. The fourth-order valence-electron chi connectivity index (χ4n) is 2.96. The standard InChI is InChI=1S/C24H29NO4/c1-4-20-9-7-8-10-21(20)14-11-19-12-15-22(16-13-19)25(17-23(26)28-5-2)18-24(27)29-6-3/h7-16H,4-6,17-18H2,1-3H3/b14-11+. The molecule has 0 spiro atoms. The first-order valence-electron chi connectivity index (χ1n) is 9.99. The molecule has 29 heavy (non-hydrogen) atoms. The lowest BCUT2D eigenvalue weighted by Crippen LogP contribution is -2.36. The molecule has 0 heterocycles. The van der Waals surface area contributed by atoms with Crippen LogP contribution in [-0.4, -0.2) is 38.2 Å². The van der Waals surface area contributed by atoms with Crippen molar-refractivity contribution < 1.29 is 19.1 Å². The molecule has 0 aromatic heterocycles. The number of rotatable bonds is 10. The Morgan fingerprint density at radius 1 is 0.828 bits per heavy atom. The van der Waals surface area contributed by atoms with Crippen LogP contribution in [0.15, 0.2) is 48.5 Å². The summed E-state index contributed by atoms with van der Waals surface area (Å²) in [5.74, 6) is -0.756. The lowest BCUT2D eigenvalue weighted by Gasteiger charge is -2.22. The Morgan fingerprint density at radius 2 is 1.41 bits per heavy atom. The molecule has 2 rings (SSSR count). The zero-order valence-electron chi connectivity index (χ0n) is 17.4. The molecule has 2 aromatic carbocycles. The zero-order valence-corrected chi connectivity index (χ0v) is 17.4. The van der Waals surface area contributed by atoms with Gasteiger partial charge in [-0.3, -0.25) is 9.59 Å². The number of nitrogens with zero attached hydrogens (tertiary/aromatic N) is 1. The van der Waals surface area contributed by atoms with E-state index in [4.69, 9.17) is 9.47 Å². The Hall–Kier alpha value is -3.08. The molecule has 0 fully saturated rings. The maximum absolute atomic E-state index is 11.9. The Balaban J connectivity index is 2.15. The van der Waals surface area contributed by atoms with Gasteiger partial charge in [0.2, 0.25) is 0 Å². The number of hydrogen-bond donors (Lipinski definition) is 0. The summed E-state index contributed by atoms with van der Waals surface area (Å²) in [5.41, 5.74) is 4.30. The molecule has 0 saturated heterocycles. The summed E-state index contributed by atoms with van der Waals surface area (Å²) in [6, 6.07) is 16.0. The van der Waals surface area contributed by atoms with Crippen LogP contribution < -0.4 is 4.90 Å². The van der Waals surface area contributed by atoms with Crippen molar-refractivity contribution in [1.29, 1.82) is 0 Å². The summed E-state index contributed by atoms with van der Waals surface area (Å²) in [6.07, 6.45) is 5.14. The number of esters is 2. The first kappa shape index (κ1) is 22.2. The molecule has 0 amide bonds. The van der Waals surface area contributed by atoms with Crippen LogP contribution in [0.5, 0.6) is 0 Å². The monoisotopic (exact) mass is 395 g/mol. The minimum absolute atomic E-state index is 0.00822. The second-order valence-electron chi connectivity index (χ2n) is 6.44. The van der Waals surface area contributed by atoms with E-state index in [0.717, 1.165) is 17.7 Å². The lowest BCUT2D eigenvalue weighted by molar-refractivity contribution is -0.142. The molecule has 154 valence electrons. The van der Waals surface area contributed by atoms with Crippen molar-refractivity contribution in [3.63, 3.8) is 0 Å². The van der Waals surface area contributed by atoms with Gasteiger partial charge in [-0.15, -0.1) is 0 Å². The zero-order chi connectivity index (χ0) is 21.1. The molecule has 0 bridgehead atoms. The van der Waals surface area contributed by atoms with E-state index in [1.54, 1.807) is 18.7 Å². The highest BCUT2D eigenvalue weighted by molar-refractivity contribution is 5.81. The van der Waals surface area contributed by atoms with Gasteiger partial charge >= 0.3 is 11.9 Å². The van der Waals surface area contributed by atoms with Crippen LogP contribution in [0.2, 0.25) is 0 Å². The molecule has 0 radical (unpaired) electrons. The van der Waals surface area contributed by atoms with Crippen LogP contribution in [0.1, 0.15) is 37.5 Å². The quantitative estimate of drug-likeness (QED) is 0.442. The second kappa shape index (κ2) is 11.7. The van der Waals surface area contributed by atoms with Crippen LogP contribution in [0.4, 0.5) is 5.69 Å². The molecule has 0 aliphatic rings. The van der Waals surface area contributed by atoms with E-state index in [-0.39, 0.29) is 25.0 Å². The number of aryl methyl sites for hydroxylation is 1. The lowest BCUT2D eigenvalue weighted by atomic mass is 10.0. The van der Waals surface area contributed by atoms with Gasteiger partial charge < -0.3 is 14.4 Å². The summed E-state index contributed by atoms with van der Waals surface area (Å²) in [6.45, 7) is 6.24. The van der Waals surface area contributed by atoms with E-state index in [1.807, 2.05) is 36.4 Å². The molecule has 0 unspecified atom stereocenters. The van der Waals surface area contributed by atoms with E-state index >= 15 is 0 Å². The van der Waals surface area contributed by atoms with Crippen molar-refractivity contribution >= 4 is 29.8 Å². The van der Waals surface area contributed by atoms with Crippen molar-refractivity contribution in [2.75, 3.05) is 31.2 Å². The first-order valence-corrected chi connectivity index (χ1v) is 9.99. The van der Waals surface area contributed by atoms with Gasteiger partial charge in [0.15, 0.2) is 0 Å². The van der Waals surface area contributed by atoms with Crippen molar-refractivity contribution in [3.8, 4) is 0 Å². The molecule has 5 heteroatoms. The Kier molecular flexibility index (Phi) is 8.96. The second-order valence-corrected chi connectivity index (χ2v) is 6.44. The van der Waals surface area contributed by atoms with Gasteiger partial charge in [-0.25, -0.2) is 0 Å². The van der Waals surface area contributed by atoms with Crippen LogP contribution in [-0.2, 0) is 25.5 Å². The van der Waals surface area contributed by atoms with E-state index in [0.29, 0.717) is 13.2 Å². The maximum Gasteiger partial charge on any atom is 0.325 e. The Morgan fingerprint density at radius 3 is 1.97 bits per heavy atom. The average Bonchev–Trinajstić information content (AvgIpc) is 2.72. The van der Waals surface area contributed by atoms with Crippen LogP contribution in [0.3, 0.4) is 0 Å². The predicted molar refractivity (Wildman–Crippen MR) is 117 cm³/mol. The van der Waals surface area contributed by atoms with E-state index in [9.17, 15) is 9.59 Å². The van der Waals surface area contributed by atoms with Crippen LogP contribution >= 0.6 is 0 Å². The third kappa shape index (κ3) is 7.11. The molecule has 2 aromatic rings. The molecule has 0 N–H and O–H groups in total. The number of carbonyl (C=O) groups excluding carboxylic acids is 2. The average molecular weight is 395 g/mol. The van der Waals surface area contributed by atoms with Crippen LogP contribution in [0.25, 0.3) is 12.2 Å². The highest BCUT2D eigenvalue weighted by Gasteiger charge is 2.16. The van der Waals surface area contributed by atoms with Crippen molar-refractivity contribution in [2.24, 2.45) is 0 Å². The molecule has 5 nitrogen and oxygen atoms in total. The van der Waals surface area contributed by atoms with Gasteiger partial charge in [-0.05, 0) is 49.1 Å². The smallest absolute Gasteiger partial charge is 0.325 e. The van der Waals surface area contributed by atoms with Gasteiger partial charge in [-0.1, -0.05) is 55.5 Å². The molecular weight excluding hydrogens is 366 g/mol. The number of carbonyl (C=O) groups is 2. The van der Waals surface area contributed by atoms with E-state index in [1.165, 1.54) is 11.1 Å². The molecule has 0 aliphatic heterocycles. The van der Waals surface area contributed by atoms with Crippen LogP contribution in [0, 0.1) is 0 Å². The summed E-state index contributed by atoms with van der Waals surface area (Å²) < 4.78 is 10.0. The highest BCUT2D eigenvalue weighted by Crippen LogP contribution is 2.18. The topological polar surface area (TPSA) is 55.8 Å². The first-order chi connectivity index (χ1) is 14.1. The molecule has 0 aliphatic carbocycles. The number of hydrogen-bond acceptors (Lipinski definition) is 5. The highest BCUT2D eigenvalue weighted by atomic mass is 16.5. The van der Waals surface area contributed by atoms with Crippen molar-refractivity contribution in [3.05, 3.63) is 65.2 Å². The normalized spacial score (nSPS) is 10.7. The summed E-state index contributed by atoms with van der Waals surface area (Å²) in [5, 5.41) is 0. The van der Waals surface area contributed by atoms with E-state index in [2.05, 4.69) is 31.2 Å². The molecule has 0 saturated carbocycles. The fourth-order valence-corrected chi connectivity index (χ4v) is 2.96.